The SMILES string of the molecule is COc1ccc(OCc2ccsc2)c(CNCC(C)C)c1. The van der Waals surface area contributed by atoms with Gasteiger partial charge in [0.25, 0.3) is 0 Å². The summed E-state index contributed by atoms with van der Waals surface area (Å²) in [5.41, 5.74) is 2.34. The van der Waals surface area contributed by atoms with Crippen LogP contribution >= 0.6 is 11.3 Å². The molecule has 0 radical (unpaired) electrons. The molecule has 0 spiro atoms. The number of hydrogen-bond acceptors (Lipinski definition) is 4. The zero-order chi connectivity index (χ0) is 15.1. The summed E-state index contributed by atoms with van der Waals surface area (Å²) in [4.78, 5) is 0. The highest BCUT2D eigenvalue weighted by molar-refractivity contribution is 7.07. The number of methoxy groups -OCH3 is 1. The summed E-state index contributed by atoms with van der Waals surface area (Å²) < 4.78 is 11.3. The second-order valence-electron chi connectivity index (χ2n) is 5.42. The van der Waals surface area contributed by atoms with E-state index in [1.54, 1.807) is 18.4 Å². The third-order valence-electron chi connectivity index (χ3n) is 3.11. The number of benzene rings is 1. The molecule has 0 aliphatic carbocycles. The van der Waals surface area contributed by atoms with Gasteiger partial charge in [-0.2, -0.15) is 11.3 Å². The van der Waals surface area contributed by atoms with E-state index in [1.165, 1.54) is 5.56 Å². The second-order valence-corrected chi connectivity index (χ2v) is 6.20. The largest absolute Gasteiger partial charge is 0.497 e. The highest BCUT2D eigenvalue weighted by Crippen LogP contribution is 2.25. The van der Waals surface area contributed by atoms with Crippen molar-refractivity contribution in [1.29, 1.82) is 0 Å². The molecule has 0 saturated carbocycles. The molecule has 0 unspecified atom stereocenters. The minimum Gasteiger partial charge on any atom is -0.497 e. The maximum Gasteiger partial charge on any atom is 0.124 e. The van der Waals surface area contributed by atoms with Gasteiger partial charge >= 0.3 is 0 Å². The predicted molar refractivity (Wildman–Crippen MR) is 88.2 cm³/mol. The number of thiophene rings is 1. The highest BCUT2D eigenvalue weighted by Gasteiger charge is 2.07. The summed E-state index contributed by atoms with van der Waals surface area (Å²) in [6.07, 6.45) is 0. The van der Waals surface area contributed by atoms with Gasteiger partial charge in [-0.15, -0.1) is 0 Å². The first-order valence-corrected chi connectivity index (χ1v) is 8.15. The van der Waals surface area contributed by atoms with Crippen LogP contribution in [0.15, 0.2) is 35.0 Å². The van der Waals surface area contributed by atoms with Crippen molar-refractivity contribution in [2.75, 3.05) is 13.7 Å². The molecule has 4 heteroatoms. The topological polar surface area (TPSA) is 30.5 Å². The number of hydrogen-bond donors (Lipinski definition) is 1. The molecule has 0 aliphatic heterocycles. The Morgan fingerprint density at radius 1 is 1.24 bits per heavy atom. The standard InChI is InChI=1S/C17H23NO2S/c1-13(2)9-18-10-15-8-16(19-3)4-5-17(15)20-11-14-6-7-21-12-14/h4-8,12-13,18H,9-11H2,1-3H3. The Morgan fingerprint density at radius 2 is 2.10 bits per heavy atom. The molecule has 0 fully saturated rings. The Hall–Kier alpha value is -1.52. The fourth-order valence-corrected chi connectivity index (χ4v) is 2.65. The minimum atomic E-state index is 0.604. The van der Waals surface area contributed by atoms with Crippen LogP contribution in [0.1, 0.15) is 25.0 Å². The lowest BCUT2D eigenvalue weighted by molar-refractivity contribution is 0.301. The smallest absolute Gasteiger partial charge is 0.124 e. The molecule has 2 rings (SSSR count). The van der Waals surface area contributed by atoms with E-state index in [0.29, 0.717) is 12.5 Å². The van der Waals surface area contributed by atoms with E-state index in [-0.39, 0.29) is 0 Å². The zero-order valence-electron chi connectivity index (χ0n) is 12.9. The molecule has 1 aromatic carbocycles. The van der Waals surface area contributed by atoms with E-state index in [1.807, 2.05) is 18.2 Å². The van der Waals surface area contributed by atoms with Crippen molar-refractivity contribution in [3.63, 3.8) is 0 Å². The fraction of sp³-hybridized carbons (Fsp3) is 0.412. The molecular weight excluding hydrogens is 282 g/mol. The molecule has 0 aliphatic rings. The third-order valence-corrected chi connectivity index (χ3v) is 3.84. The summed E-state index contributed by atoms with van der Waals surface area (Å²) in [5.74, 6) is 2.41. The molecule has 0 atom stereocenters. The van der Waals surface area contributed by atoms with Crippen molar-refractivity contribution in [2.24, 2.45) is 5.92 Å². The van der Waals surface area contributed by atoms with Crippen LogP contribution in [0.4, 0.5) is 0 Å². The first-order chi connectivity index (χ1) is 10.2. The van der Waals surface area contributed by atoms with Crippen LogP contribution in [0.5, 0.6) is 11.5 Å². The molecule has 0 amide bonds. The molecule has 21 heavy (non-hydrogen) atoms. The minimum absolute atomic E-state index is 0.604. The second kappa shape index (κ2) is 8.05. The first kappa shape index (κ1) is 15.9. The van der Waals surface area contributed by atoms with Crippen LogP contribution < -0.4 is 14.8 Å². The Balaban J connectivity index is 2.03. The summed E-state index contributed by atoms with van der Waals surface area (Å²) in [5, 5.41) is 7.63. The van der Waals surface area contributed by atoms with E-state index in [4.69, 9.17) is 9.47 Å². The van der Waals surface area contributed by atoms with Crippen LogP contribution in [0, 0.1) is 5.92 Å². The summed E-state index contributed by atoms with van der Waals surface area (Å²) in [6, 6.07) is 8.05. The van der Waals surface area contributed by atoms with Crippen LogP contribution in [-0.4, -0.2) is 13.7 Å². The molecule has 0 bridgehead atoms. The number of ether oxygens (including phenoxy) is 2. The predicted octanol–water partition coefficient (Wildman–Crippen LogP) is 4.08. The third kappa shape index (κ3) is 5.06. The van der Waals surface area contributed by atoms with Gasteiger partial charge in [-0.05, 0) is 53.1 Å². The lowest BCUT2D eigenvalue weighted by Crippen LogP contribution is -2.19. The molecule has 1 N–H and O–H groups in total. The van der Waals surface area contributed by atoms with Crippen LogP contribution in [0.25, 0.3) is 0 Å². The van der Waals surface area contributed by atoms with E-state index in [0.717, 1.165) is 30.2 Å². The van der Waals surface area contributed by atoms with Gasteiger partial charge in [0.05, 0.1) is 7.11 Å². The normalized spacial score (nSPS) is 10.9. The van der Waals surface area contributed by atoms with Crippen molar-refractivity contribution in [1.82, 2.24) is 5.32 Å². The van der Waals surface area contributed by atoms with Gasteiger partial charge in [0.15, 0.2) is 0 Å². The Morgan fingerprint density at radius 3 is 2.76 bits per heavy atom. The van der Waals surface area contributed by atoms with Crippen molar-refractivity contribution < 1.29 is 9.47 Å². The van der Waals surface area contributed by atoms with Crippen molar-refractivity contribution in [2.45, 2.75) is 27.0 Å². The maximum atomic E-state index is 5.95. The molecular formula is C17H23NO2S. The summed E-state index contributed by atoms with van der Waals surface area (Å²) in [6.45, 7) is 6.78. The molecule has 114 valence electrons. The average molecular weight is 305 g/mol. The summed E-state index contributed by atoms with van der Waals surface area (Å²) >= 11 is 1.69. The lowest BCUT2D eigenvalue weighted by atomic mass is 10.1. The summed E-state index contributed by atoms with van der Waals surface area (Å²) in [7, 11) is 1.69. The van der Waals surface area contributed by atoms with Crippen LogP contribution in [0.3, 0.4) is 0 Å². The van der Waals surface area contributed by atoms with E-state index in [2.05, 4.69) is 36.0 Å². The molecule has 2 aromatic rings. The van der Waals surface area contributed by atoms with Gasteiger partial charge in [0, 0.05) is 12.1 Å². The molecule has 3 nitrogen and oxygen atoms in total. The van der Waals surface area contributed by atoms with Gasteiger partial charge in [-0.1, -0.05) is 13.8 Å². The number of rotatable bonds is 8. The molecule has 1 aromatic heterocycles. The van der Waals surface area contributed by atoms with Crippen molar-refractivity contribution in [3.8, 4) is 11.5 Å². The Kier molecular flexibility index (Phi) is 6.08. The van der Waals surface area contributed by atoms with Gasteiger partial charge in [-0.25, -0.2) is 0 Å². The molecule has 0 saturated heterocycles. The van der Waals surface area contributed by atoms with E-state index < -0.39 is 0 Å². The Bertz CT molecular complexity index is 538. The average Bonchev–Trinajstić information content (AvgIpc) is 2.98. The molecule has 1 heterocycles. The first-order valence-electron chi connectivity index (χ1n) is 7.20. The fourth-order valence-electron chi connectivity index (χ4n) is 1.99. The quantitative estimate of drug-likeness (QED) is 0.797. The Labute approximate surface area is 130 Å². The van der Waals surface area contributed by atoms with E-state index in [9.17, 15) is 0 Å². The van der Waals surface area contributed by atoms with Crippen LogP contribution in [0.2, 0.25) is 0 Å². The zero-order valence-corrected chi connectivity index (χ0v) is 13.7. The van der Waals surface area contributed by atoms with Crippen molar-refractivity contribution in [3.05, 3.63) is 46.2 Å². The van der Waals surface area contributed by atoms with E-state index >= 15 is 0 Å². The monoisotopic (exact) mass is 305 g/mol. The van der Waals surface area contributed by atoms with Gasteiger partial charge in [0.1, 0.15) is 18.1 Å². The lowest BCUT2D eigenvalue weighted by Gasteiger charge is -2.14. The highest BCUT2D eigenvalue weighted by atomic mass is 32.1. The van der Waals surface area contributed by atoms with Gasteiger partial charge < -0.3 is 14.8 Å². The van der Waals surface area contributed by atoms with Crippen LogP contribution in [-0.2, 0) is 13.2 Å². The van der Waals surface area contributed by atoms with Gasteiger partial charge in [-0.3, -0.25) is 0 Å². The van der Waals surface area contributed by atoms with Gasteiger partial charge in [0.2, 0.25) is 0 Å². The number of nitrogens with one attached hydrogen (secondary N) is 1. The maximum absolute atomic E-state index is 5.95. The van der Waals surface area contributed by atoms with Crippen molar-refractivity contribution >= 4 is 11.3 Å².